The lowest BCUT2D eigenvalue weighted by atomic mass is 10.2. The molecular formula is C16H12ClFN2O4. The molecule has 0 aliphatic rings. The monoisotopic (exact) mass is 350 g/mol. The first-order valence-electron chi connectivity index (χ1n) is 6.95. The summed E-state index contributed by atoms with van der Waals surface area (Å²) in [6, 6.07) is 4.16. The fourth-order valence-electron chi connectivity index (χ4n) is 2.31. The fourth-order valence-corrected chi connectivity index (χ4v) is 2.53. The minimum atomic E-state index is -0.810. The normalized spacial score (nSPS) is 11.0. The lowest BCUT2D eigenvalue weighted by Gasteiger charge is -2.07. The Hall–Kier alpha value is -2.67. The van der Waals surface area contributed by atoms with Gasteiger partial charge in [0.25, 0.3) is 5.56 Å². The van der Waals surface area contributed by atoms with E-state index in [1.807, 2.05) is 0 Å². The van der Waals surface area contributed by atoms with Gasteiger partial charge in [0.2, 0.25) is 5.71 Å². The number of carbonyl (C=O) groups excluding carboxylic acids is 1. The number of aromatic nitrogens is 2. The minimum absolute atomic E-state index is 0.0221. The van der Waals surface area contributed by atoms with Gasteiger partial charge in [0.1, 0.15) is 35.5 Å². The number of carbonyl (C=O) groups is 1. The average molecular weight is 351 g/mol. The van der Waals surface area contributed by atoms with E-state index < -0.39 is 17.3 Å². The second-order valence-electron chi connectivity index (χ2n) is 5.15. The first kappa shape index (κ1) is 16.2. The zero-order chi connectivity index (χ0) is 17.4. The predicted molar refractivity (Wildman–Crippen MR) is 84.5 cm³/mol. The second-order valence-corrected chi connectivity index (χ2v) is 5.56. The molecule has 0 bridgehead atoms. The number of esters is 1. The summed E-state index contributed by atoms with van der Waals surface area (Å²) in [5.74, 6) is -1.19. The van der Waals surface area contributed by atoms with Gasteiger partial charge in [-0.15, -0.1) is 0 Å². The molecule has 0 amide bonds. The Balaban J connectivity index is 1.97. The lowest BCUT2D eigenvalue weighted by molar-refractivity contribution is 0.0469. The van der Waals surface area contributed by atoms with Crippen LogP contribution in [0.1, 0.15) is 21.7 Å². The van der Waals surface area contributed by atoms with Crippen molar-refractivity contribution in [1.82, 2.24) is 9.55 Å². The van der Waals surface area contributed by atoms with E-state index in [-0.39, 0.29) is 39.6 Å². The largest absolute Gasteiger partial charge is 0.457 e. The maximum atomic E-state index is 13.7. The first-order chi connectivity index (χ1) is 11.4. The third-order valence-electron chi connectivity index (χ3n) is 3.56. The van der Waals surface area contributed by atoms with Crippen LogP contribution >= 0.6 is 11.6 Å². The SMILES string of the molecule is Cc1oc2ncn(C)c(=O)c2c1C(=O)OCc1c(F)cccc1Cl. The molecule has 0 spiro atoms. The maximum absolute atomic E-state index is 13.7. The van der Waals surface area contributed by atoms with Crippen molar-refractivity contribution in [2.45, 2.75) is 13.5 Å². The summed E-state index contributed by atoms with van der Waals surface area (Å²) in [7, 11) is 1.51. The Morgan fingerprint density at radius 1 is 1.46 bits per heavy atom. The Kier molecular flexibility index (Phi) is 4.11. The van der Waals surface area contributed by atoms with Gasteiger partial charge in [0, 0.05) is 12.6 Å². The molecule has 0 N–H and O–H groups in total. The molecule has 0 radical (unpaired) electrons. The summed E-state index contributed by atoms with van der Waals surface area (Å²) >= 11 is 5.90. The Morgan fingerprint density at radius 3 is 2.92 bits per heavy atom. The molecule has 0 saturated heterocycles. The van der Waals surface area contributed by atoms with Crippen molar-refractivity contribution in [3.8, 4) is 0 Å². The highest BCUT2D eigenvalue weighted by Gasteiger charge is 2.24. The Morgan fingerprint density at radius 2 is 2.21 bits per heavy atom. The number of rotatable bonds is 3. The minimum Gasteiger partial charge on any atom is -0.457 e. The van der Waals surface area contributed by atoms with Crippen molar-refractivity contribution in [2.24, 2.45) is 7.05 Å². The van der Waals surface area contributed by atoms with Crippen LogP contribution < -0.4 is 5.56 Å². The number of hydrogen-bond acceptors (Lipinski definition) is 5. The summed E-state index contributed by atoms with van der Waals surface area (Å²) in [5, 5.41) is 0.177. The van der Waals surface area contributed by atoms with E-state index in [0.717, 1.165) is 0 Å². The van der Waals surface area contributed by atoms with Crippen molar-refractivity contribution in [3.05, 3.63) is 62.6 Å². The summed E-state index contributed by atoms with van der Waals surface area (Å²) < 4.78 is 25.4. The van der Waals surface area contributed by atoms with Crippen molar-refractivity contribution in [2.75, 3.05) is 0 Å². The third kappa shape index (κ3) is 2.67. The molecule has 0 unspecified atom stereocenters. The Labute approximate surface area is 140 Å². The molecule has 0 saturated carbocycles. The van der Waals surface area contributed by atoms with E-state index in [9.17, 15) is 14.0 Å². The maximum Gasteiger partial charge on any atom is 0.342 e. The number of nitrogens with zero attached hydrogens (tertiary/aromatic N) is 2. The fraction of sp³-hybridized carbons (Fsp3) is 0.188. The van der Waals surface area contributed by atoms with Gasteiger partial charge in [-0.3, -0.25) is 4.79 Å². The standard InChI is InChI=1S/C16H12ClFN2O4/c1-8-12(13-14(24-8)19-7-20(2)15(13)21)16(22)23-6-9-10(17)4-3-5-11(9)18/h3-5,7H,6H2,1-2H3. The summed E-state index contributed by atoms with van der Waals surface area (Å²) in [6.45, 7) is 1.16. The quantitative estimate of drug-likeness (QED) is 0.679. The molecule has 0 fully saturated rings. The van der Waals surface area contributed by atoms with Crippen LogP contribution in [0.15, 0.2) is 33.7 Å². The zero-order valence-electron chi connectivity index (χ0n) is 12.8. The topological polar surface area (TPSA) is 74.3 Å². The highest BCUT2D eigenvalue weighted by atomic mass is 35.5. The molecule has 2 aromatic heterocycles. The van der Waals surface area contributed by atoms with Crippen molar-refractivity contribution < 1.29 is 18.3 Å². The molecule has 6 nitrogen and oxygen atoms in total. The molecule has 0 aliphatic heterocycles. The van der Waals surface area contributed by atoms with Crippen LogP contribution in [-0.4, -0.2) is 15.5 Å². The van der Waals surface area contributed by atoms with E-state index in [4.69, 9.17) is 20.8 Å². The van der Waals surface area contributed by atoms with Crippen LogP contribution in [0.3, 0.4) is 0 Å². The number of hydrogen-bond donors (Lipinski definition) is 0. The van der Waals surface area contributed by atoms with Crippen molar-refractivity contribution in [1.29, 1.82) is 0 Å². The molecule has 3 rings (SSSR count). The van der Waals surface area contributed by atoms with Crippen LogP contribution in [-0.2, 0) is 18.4 Å². The molecule has 124 valence electrons. The van der Waals surface area contributed by atoms with Crippen molar-refractivity contribution in [3.63, 3.8) is 0 Å². The molecule has 2 heterocycles. The van der Waals surface area contributed by atoms with E-state index in [1.165, 1.54) is 43.1 Å². The summed E-state index contributed by atoms with van der Waals surface area (Å²) in [5.41, 5.74) is -0.352. The molecule has 8 heteroatoms. The second kappa shape index (κ2) is 6.09. The number of ether oxygens (including phenoxy) is 1. The molecule has 0 aliphatic carbocycles. The van der Waals surface area contributed by atoms with Gasteiger partial charge < -0.3 is 13.7 Å². The van der Waals surface area contributed by atoms with Crippen LogP contribution in [0.2, 0.25) is 5.02 Å². The number of aryl methyl sites for hydroxylation is 2. The van der Waals surface area contributed by atoms with Gasteiger partial charge in [-0.05, 0) is 19.1 Å². The third-order valence-corrected chi connectivity index (χ3v) is 3.92. The number of furan rings is 1. The molecule has 0 atom stereocenters. The number of halogens is 2. The van der Waals surface area contributed by atoms with E-state index in [1.54, 1.807) is 0 Å². The highest BCUT2D eigenvalue weighted by Crippen LogP contribution is 2.24. The molecule has 3 aromatic rings. The number of fused-ring (bicyclic) bond motifs is 1. The lowest BCUT2D eigenvalue weighted by Crippen LogP contribution is -2.19. The molecule has 24 heavy (non-hydrogen) atoms. The van der Waals surface area contributed by atoms with Crippen LogP contribution in [0.5, 0.6) is 0 Å². The average Bonchev–Trinajstić information content (AvgIpc) is 2.87. The smallest absolute Gasteiger partial charge is 0.342 e. The van der Waals surface area contributed by atoms with Gasteiger partial charge in [0.05, 0.1) is 5.02 Å². The summed E-state index contributed by atoms with van der Waals surface area (Å²) in [4.78, 5) is 28.6. The molecule has 1 aromatic carbocycles. The van der Waals surface area contributed by atoms with Crippen molar-refractivity contribution >= 4 is 28.7 Å². The van der Waals surface area contributed by atoms with Gasteiger partial charge >= 0.3 is 5.97 Å². The van der Waals surface area contributed by atoms with E-state index in [2.05, 4.69) is 4.98 Å². The van der Waals surface area contributed by atoms with Crippen LogP contribution in [0.4, 0.5) is 4.39 Å². The Bertz CT molecular complexity index is 989. The zero-order valence-corrected chi connectivity index (χ0v) is 13.6. The first-order valence-corrected chi connectivity index (χ1v) is 7.32. The predicted octanol–water partition coefficient (Wildman–Crippen LogP) is 2.98. The van der Waals surface area contributed by atoms with Crippen LogP contribution in [0.25, 0.3) is 11.1 Å². The summed E-state index contributed by atoms with van der Waals surface area (Å²) in [6.07, 6.45) is 1.29. The van der Waals surface area contributed by atoms with E-state index >= 15 is 0 Å². The van der Waals surface area contributed by atoms with Gasteiger partial charge in [-0.1, -0.05) is 17.7 Å². The highest BCUT2D eigenvalue weighted by molar-refractivity contribution is 6.31. The van der Waals surface area contributed by atoms with Crippen LogP contribution in [0, 0.1) is 12.7 Å². The number of benzene rings is 1. The van der Waals surface area contributed by atoms with E-state index in [0.29, 0.717) is 0 Å². The van der Waals surface area contributed by atoms with Gasteiger partial charge in [0.15, 0.2) is 0 Å². The van der Waals surface area contributed by atoms with Gasteiger partial charge in [-0.2, -0.15) is 0 Å². The molecular weight excluding hydrogens is 339 g/mol. The van der Waals surface area contributed by atoms with Gasteiger partial charge in [-0.25, -0.2) is 14.2 Å².